The number of hydrogen-bond donors (Lipinski definition) is 0. The Balaban J connectivity index is 2.10. The lowest BCUT2D eigenvalue weighted by Gasteiger charge is -2.07. The summed E-state index contributed by atoms with van der Waals surface area (Å²) in [7, 11) is -1.23. The zero-order valence-corrected chi connectivity index (χ0v) is 9.40. The summed E-state index contributed by atoms with van der Waals surface area (Å²) in [4.78, 5) is 0. The second-order valence-electron chi connectivity index (χ2n) is 3.78. The lowest BCUT2D eigenvalue weighted by Crippen LogP contribution is -2.11. The number of nitrogens with zero attached hydrogens (tertiary/aromatic N) is 2. The number of rotatable bonds is 3. The van der Waals surface area contributed by atoms with E-state index in [0.29, 0.717) is 13.0 Å². The van der Waals surface area contributed by atoms with E-state index in [9.17, 15) is 8.42 Å². The van der Waals surface area contributed by atoms with Gasteiger partial charge in [-0.3, -0.25) is 4.68 Å². The summed E-state index contributed by atoms with van der Waals surface area (Å²) >= 11 is 0. The fourth-order valence-corrected chi connectivity index (χ4v) is 3.49. The maximum Gasteiger partial charge on any atom is 0.152 e. The largest absolute Gasteiger partial charge is 0.378 e. The molecule has 0 saturated carbocycles. The normalized spacial score (nSPS) is 24.5. The molecule has 0 amide bonds. The molecule has 0 N–H and O–H groups in total. The number of aromatic nitrogens is 2. The van der Waals surface area contributed by atoms with Gasteiger partial charge in [0.15, 0.2) is 9.84 Å². The first kappa shape index (κ1) is 10.6. The van der Waals surface area contributed by atoms with Crippen molar-refractivity contribution in [1.82, 2.24) is 9.78 Å². The third kappa shape index (κ3) is 2.38. The molecule has 1 saturated heterocycles. The molecule has 1 atom stereocenters. The van der Waals surface area contributed by atoms with E-state index >= 15 is 0 Å². The predicted octanol–water partition coefficient (Wildman–Crippen LogP) is 0.389. The first-order valence-corrected chi connectivity index (χ1v) is 6.66. The average Bonchev–Trinajstić information content (AvgIpc) is 2.73. The average molecular weight is 230 g/mol. The van der Waals surface area contributed by atoms with Gasteiger partial charge in [0, 0.05) is 13.3 Å². The molecule has 1 aliphatic rings. The number of sulfone groups is 1. The predicted molar refractivity (Wildman–Crippen MR) is 55.2 cm³/mol. The van der Waals surface area contributed by atoms with E-state index in [1.807, 2.05) is 12.3 Å². The van der Waals surface area contributed by atoms with Crippen molar-refractivity contribution >= 4 is 9.84 Å². The van der Waals surface area contributed by atoms with Crippen LogP contribution in [0.2, 0.25) is 0 Å². The van der Waals surface area contributed by atoms with Crippen LogP contribution >= 0.6 is 0 Å². The summed E-state index contributed by atoms with van der Waals surface area (Å²) in [5.74, 6) is 0.484. The van der Waals surface area contributed by atoms with Crippen molar-refractivity contribution in [1.29, 1.82) is 0 Å². The van der Waals surface area contributed by atoms with Crippen molar-refractivity contribution in [3.05, 3.63) is 18.0 Å². The van der Waals surface area contributed by atoms with Crippen molar-refractivity contribution in [3.63, 3.8) is 0 Å². The van der Waals surface area contributed by atoms with Crippen LogP contribution in [0.1, 0.15) is 18.2 Å². The number of hydrogen-bond acceptors (Lipinski definition) is 4. The van der Waals surface area contributed by atoms with Crippen molar-refractivity contribution in [2.24, 2.45) is 0 Å². The Morgan fingerprint density at radius 3 is 3.07 bits per heavy atom. The Bertz CT molecular complexity index is 438. The van der Waals surface area contributed by atoms with Crippen molar-refractivity contribution < 1.29 is 13.2 Å². The Morgan fingerprint density at radius 1 is 1.67 bits per heavy atom. The molecule has 1 aromatic rings. The van der Waals surface area contributed by atoms with Gasteiger partial charge in [0.25, 0.3) is 0 Å². The minimum Gasteiger partial charge on any atom is -0.378 e. The standard InChI is InChI=1S/C9H14N2O3S/c1-14-6-8-2-4-11(10-8)9-3-5-15(12,13)7-9/h2,4,9H,3,5-7H2,1H3. The molecule has 0 bridgehead atoms. The van der Waals surface area contributed by atoms with Crippen molar-refractivity contribution in [2.75, 3.05) is 18.6 Å². The van der Waals surface area contributed by atoms with E-state index < -0.39 is 9.84 Å². The highest BCUT2D eigenvalue weighted by molar-refractivity contribution is 7.91. The molecule has 15 heavy (non-hydrogen) atoms. The molecule has 0 aromatic carbocycles. The summed E-state index contributed by atoms with van der Waals surface area (Å²) in [6, 6.07) is 1.86. The molecule has 1 fully saturated rings. The highest BCUT2D eigenvalue weighted by atomic mass is 32.2. The molecule has 5 nitrogen and oxygen atoms in total. The topological polar surface area (TPSA) is 61.2 Å². The van der Waals surface area contributed by atoms with Gasteiger partial charge in [-0.05, 0) is 12.5 Å². The Labute approximate surface area is 89.0 Å². The fraction of sp³-hybridized carbons (Fsp3) is 0.667. The van der Waals surface area contributed by atoms with Gasteiger partial charge in [-0.1, -0.05) is 0 Å². The molecule has 0 aliphatic carbocycles. The summed E-state index contributed by atoms with van der Waals surface area (Å²) < 4.78 is 29.2. The van der Waals surface area contributed by atoms with Crippen LogP contribution in [0.5, 0.6) is 0 Å². The Kier molecular flexibility index (Phi) is 2.79. The lowest BCUT2D eigenvalue weighted by molar-refractivity contribution is 0.180. The quantitative estimate of drug-likeness (QED) is 0.753. The Morgan fingerprint density at radius 2 is 2.47 bits per heavy atom. The van der Waals surface area contributed by atoms with Crippen LogP contribution in [0.15, 0.2) is 12.3 Å². The zero-order valence-electron chi connectivity index (χ0n) is 8.59. The van der Waals surface area contributed by atoms with Crippen LogP contribution in [0.25, 0.3) is 0 Å². The van der Waals surface area contributed by atoms with Crippen LogP contribution in [0.3, 0.4) is 0 Å². The molecular weight excluding hydrogens is 216 g/mol. The van der Waals surface area contributed by atoms with Crippen LogP contribution in [-0.2, 0) is 21.2 Å². The lowest BCUT2D eigenvalue weighted by atomic mass is 10.3. The van der Waals surface area contributed by atoms with Crippen LogP contribution in [0.4, 0.5) is 0 Å². The van der Waals surface area contributed by atoms with Crippen LogP contribution < -0.4 is 0 Å². The van der Waals surface area contributed by atoms with Gasteiger partial charge in [-0.2, -0.15) is 5.10 Å². The van der Waals surface area contributed by atoms with E-state index in [1.54, 1.807) is 11.8 Å². The van der Waals surface area contributed by atoms with E-state index in [0.717, 1.165) is 5.69 Å². The van der Waals surface area contributed by atoms with Crippen molar-refractivity contribution in [3.8, 4) is 0 Å². The van der Waals surface area contributed by atoms with E-state index in [-0.39, 0.29) is 17.5 Å². The van der Waals surface area contributed by atoms with E-state index in [4.69, 9.17) is 4.74 Å². The van der Waals surface area contributed by atoms with Gasteiger partial charge < -0.3 is 4.74 Å². The highest BCUT2D eigenvalue weighted by Gasteiger charge is 2.29. The molecule has 1 aromatic heterocycles. The third-order valence-electron chi connectivity index (χ3n) is 2.54. The third-order valence-corrected chi connectivity index (χ3v) is 4.29. The molecular formula is C9H14N2O3S. The van der Waals surface area contributed by atoms with Gasteiger partial charge >= 0.3 is 0 Å². The summed E-state index contributed by atoms with van der Waals surface area (Å²) in [6.45, 7) is 0.465. The maximum atomic E-state index is 11.3. The van der Waals surface area contributed by atoms with Gasteiger partial charge in [0.05, 0.1) is 29.8 Å². The zero-order chi connectivity index (χ0) is 10.9. The second-order valence-corrected chi connectivity index (χ2v) is 6.01. The van der Waals surface area contributed by atoms with E-state index in [2.05, 4.69) is 5.10 Å². The molecule has 0 spiro atoms. The second kappa shape index (κ2) is 3.94. The van der Waals surface area contributed by atoms with E-state index in [1.165, 1.54) is 0 Å². The summed E-state index contributed by atoms with van der Waals surface area (Å²) in [6.07, 6.45) is 2.48. The molecule has 6 heteroatoms. The molecule has 0 radical (unpaired) electrons. The Hall–Kier alpha value is -0.880. The molecule has 1 aliphatic heterocycles. The fourth-order valence-electron chi connectivity index (χ4n) is 1.79. The monoisotopic (exact) mass is 230 g/mol. The van der Waals surface area contributed by atoms with Gasteiger partial charge in [-0.25, -0.2) is 8.42 Å². The SMILES string of the molecule is COCc1ccn(C2CCS(=O)(=O)C2)n1. The molecule has 84 valence electrons. The number of methoxy groups -OCH3 is 1. The first-order chi connectivity index (χ1) is 7.11. The maximum absolute atomic E-state index is 11.3. The van der Waals surface area contributed by atoms with Crippen molar-refractivity contribution in [2.45, 2.75) is 19.1 Å². The molecule has 1 unspecified atom stereocenters. The molecule has 2 heterocycles. The van der Waals surface area contributed by atoms with Gasteiger partial charge in [-0.15, -0.1) is 0 Å². The smallest absolute Gasteiger partial charge is 0.152 e. The number of ether oxygens (including phenoxy) is 1. The minimum absolute atomic E-state index is 0.000561. The van der Waals surface area contributed by atoms with Crippen LogP contribution in [-0.4, -0.2) is 36.8 Å². The summed E-state index contributed by atoms with van der Waals surface area (Å²) in [5.41, 5.74) is 0.835. The minimum atomic E-state index is -2.84. The van der Waals surface area contributed by atoms with Gasteiger partial charge in [0.1, 0.15) is 0 Å². The summed E-state index contributed by atoms with van der Waals surface area (Å²) in [5, 5.41) is 4.27. The first-order valence-electron chi connectivity index (χ1n) is 4.84. The van der Waals surface area contributed by atoms with Crippen LogP contribution in [0, 0.1) is 0 Å². The highest BCUT2D eigenvalue weighted by Crippen LogP contribution is 2.22. The molecule has 2 rings (SSSR count). The van der Waals surface area contributed by atoms with Gasteiger partial charge in [0.2, 0.25) is 0 Å².